The highest BCUT2D eigenvalue weighted by atomic mass is 16.5. The molecule has 1 aromatic rings. The summed E-state index contributed by atoms with van der Waals surface area (Å²) in [5, 5.41) is 3.26. The number of nitrogens with zero attached hydrogens (tertiary/aromatic N) is 1. The van der Waals surface area contributed by atoms with Crippen LogP contribution in [-0.2, 0) is 17.7 Å². The van der Waals surface area contributed by atoms with E-state index in [0.29, 0.717) is 0 Å². The fourth-order valence-electron chi connectivity index (χ4n) is 1.41. The van der Waals surface area contributed by atoms with Crippen molar-refractivity contribution in [3.05, 3.63) is 17.8 Å². The highest BCUT2D eigenvalue weighted by Gasteiger charge is 2.02. The van der Waals surface area contributed by atoms with E-state index in [4.69, 9.17) is 9.15 Å². The first-order valence-electron chi connectivity index (χ1n) is 6.08. The molecule has 4 nitrogen and oxygen atoms in total. The van der Waals surface area contributed by atoms with Crippen molar-refractivity contribution in [2.45, 2.75) is 39.7 Å². The van der Waals surface area contributed by atoms with Crippen LogP contribution >= 0.6 is 0 Å². The lowest BCUT2D eigenvalue weighted by Gasteiger charge is -1.99. The number of nitrogens with one attached hydrogen (secondary N) is 1. The van der Waals surface area contributed by atoms with Crippen LogP contribution in [0, 0.1) is 0 Å². The van der Waals surface area contributed by atoms with Crippen LogP contribution in [0.4, 0.5) is 0 Å². The Morgan fingerprint density at radius 3 is 3.06 bits per heavy atom. The Hall–Kier alpha value is -0.870. The van der Waals surface area contributed by atoms with E-state index in [9.17, 15) is 0 Å². The second kappa shape index (κ2) is 8.30. The van der Waals surface area contributed by atoms with Crippen LogP contribution in [0.15, 0.2) is 10.6 Å². The SMILES string of the molecule is CCCNCc1ncc(CCCOCC)o1. The third kappa shape index (κ3) is 5.28. The minimum Gasteiger partial charge on any atom is -0.444 e. The van der Waals surface area contributed by atoms with E-state index in [1.54, 1.807) is 0 Å². The van der Waals surface area contributed by atoms with Crippen molar-refractivity contribution < 1.29 is 9.15 Å². The van der Waals surface area contributed by atoms with Crippen LogP contribution < -0.4 is 5.32 Å². The number of hydrogen-bond acceptors (Lipinski definition) is 4. The molecule has 1 N–H and O–H groups in total. The monoisotopic (exact) mass is 226 g/mol. The first-order chi connectivity index (χ1) is 7.86. The molecule has 1 rings (SSSR count). The minimum atomic E-state index is 0.722. The number of aryl methyl sites for hydroxylation is 1. The van der Waals surface area contributed by atoms with Crippen LogP contribution in [-0.4, -0.2) is 24.7 Å². The Balaban J connectivity index is 2.17. The van der Waals surface area contributed by atoms with Crippen molar-refractivity contribution in [2.24, 2.45) is 0 Å². The Labute approximate surface area is 97.4 Å². The summed E-state index contributed by atoms with van der Waals surface area (Å²) in [7, 11) is 0. The van der Waals surface area contributed by atoms with Crippen molar-refractivity contribution in [2.75, 3.05) is 19.8 Å². The average Bonchev–Trinajstić information content (AvgIpc) is 2.73. The molecule has 0 spiro atoms. The van der Waals surface area contributed by atoms with Gasteiger partial charge in [-0.25, -0.2) is 4.98 Å². The van der Waals surface area contributed by atoms with Crippen LogP contribution in [0.5, 0.6) is 0 Å². The second-order valence-corrected chi connectivity index (χ2v) is 3.70. The van der Waals surface area contributed by atoms with Gasteiger partial charge in [-0.1, -0.05) is 6.92 Å². The van der Waals surface area contributed by atoms with E-state index in [1.807, 2.05) is 13.1 Å². The maximum Gasteiger partial charge on any atom is 0.208 e. The number of aromatic nitrogens is 1. The predicted octanol–water partition coefficient (Wildman–Crippen LogP) is 2.14. The maximum atomic E-state index is 5.58. The smallest absolute Gasteiger partial charge is 0.208 e. The standard InChI is InChI=1S/C12H22N2O2/c1-3-7-13-10-12-14-9-11(16-12)6-5-8-15-4-2/h9,13H,3-8,10H2,1-2H3. The summed E-state index contributed by atoms with van der Waals surface area (Å²) in [6, 6.07) is 0. The van der Waals surface area contributed by atoms with Crippen molar-refractivity contribution in [1.29, 1.82) is 0 Å². The normalized spacial score (nSPS) is 10.9. The van der Waals surface area contributed by atoms with Crippen molar-refractivity contribution in [1.82, 2.24) is 10.3 Å². The van der Waals surface area contributed by atoms with Crippen molar-refractivity contribution in [3.63, 3.8) is 0 Å². The van der Waals surface area contributed by atoms with Crippen molar-refractivity contribution in [3.8, 4) is 0 Å². The molecule has 0 aromatic carbocycles. The van der Waals surface area contributed by atoms with Gasteiger partial charge in [-0.2, -0.15) is 0 Å². The second-order valence-electron chi connectivity index (χ2n) is 3.70. The predicted molar refractivity (Wildman–Crippen MR) is 63.3 cm³/mol. The summed E-state index contributed by atoms with van der Waals surface area (Å²) in [5.74, 6) is 1.73. The molecule has 16 heavy (non-hydrogen) atoms. The Morgan fingerprint density at radius 2 is 2.31 bits per heavy atom. The first kappa shape index (κ1) is 13.2. The lowest BCUT2D eigenvalue weighted by atomic mass is 10.3. The summed E-state index contributed by atoms with van der Waals surface area (Å²) in [4.78, 5) is 4.22. The van der Waals surface area contributed by atoms with Gasteiger partial charge in [0.15, 0.2) is 0 Å². The van der Waals surface area contributed by atoms with Crippen LogP contribution in [0.25, 0.3) is 0 Å². The number of ether oxygens (including phenoxy) is 1. The summed E-state index contributed by atoms with van der Waals surface area (Å²) in [6.07, 6.45) is 4.84. The minimum absolute atomic E-state index is 0.722. The zero-order valence-corrected chi connectivity index (χ0v) is 10.3. The Morgan fingerprint density at radius 1 is 1.44 bits per heavy atom. The molecule has 0 unspecified atom stereocenters. The van der Waals surface area contributed by atoms with Gasteiger partial charge in [0, 0.05) is 19.6 Å². The van der Waals surface area contributed by atoms with E-state index in [2.05, 4.69) is 17.2 Å². The summed E-state index contributed by atoms with van der Waals surface area (Å²) < 4.78 is 10.8. The summed E-state index contributed by atoms with van der Waals surface area (Å²) in [5.41, 5.74) is 0. The fourth-order valence-corrected chi connectivity index (χ4v) is 1.41. The Kier molecular flexibility index (Phi) is 6.85. The molecule has 1 heterocycles. The fraction of sp³-hybridized carbons (Fsp3) is 0.750. The number of hydrogen-bond donors (Lipinski definition) is 1. The van der Waals surface area contributed by atoms with Gasteiger partial charge in [0.25, 0.3) is 0 Å². The molecule has 0 saturated carbocycles. The topological polar surface area (TPSA) is 47.3 Å². The van der Waals surface area contributed by atoms with Gasteiger partial charge in [0.1, 0.15) is 5.76 Å². The zero-order valence-electron chi connectivity index (χ0n) is 10.3. The van der Waals surface area contributed by atoms with E-state index in [1.165, 1.54) is 0 Å². The third-order valence-corrected chi connectivity index (χ3v) is 2.22. The molecule has 0 saturated heterocycles. The molecule has 0 aliphatic carbocycles. The van der Waals surface area contributed by atoms with Gasteiger partial charge in [-0.15, -0.1) is 0 Å². The average molecular weight is 226 g/mol. The van der Waals surface area contributed by atoms with Crippen LogP contribution in [0.2, 0.25) is 0 Å². The van der Waals surface area contributed by atoms with E-state index < -0.39 is 0 Å². The van der Waals surface area contributed by atoms with E-state index >= 15 is 0 Å². The van der Waals surface area contributed by atoms with Gasteiger partial charge in [0.2, 0.25) is 5.89 Å². The molecule has 1 aromatic heterocycles. The summed E-state index contributed by atoms with van der Waals surface area (Å²) >= 11 is 0. The summed E-state index contributed by atoms with van der Waals surface area (Å²) in [6.45, 7) is 7.44. The van der Waals surface area contributed by atoms with Gasteiger partial charge in [-0.3, -0.25) is 0 Å². The van der Waals surface area contributed by atoms with E-state index in [0.717, 1.165) is 57.2 Å². The molecule has 0 radical (unpaired) electrons. The van der Waals surface area contributed by atoms with Gasteiger partial charge >= 0.3 is 0 Å². The van der Waals surface area contributed by atoms with Gasteiger partial charge < -0.3 is 14.5 Å². The molecule has 4 heteroatoms. The molecule has 0 aliphatic rings. The highest BCUT2D eigenvalue weighted by molar-refractivity contribution is 4.94. The largest absolute Gasteiger partial charge is 0.444 e. The van der Waals surface area contributed by atoms with E-state index in [-0.39, 0.29) is 0 Å². The lowest BCUT2D eigenvalue weighted by Crippen LogP contribution is -2.13. The molecule has 0 amide bonds. The van der Waals surface area contributed by atoms with Crippen LogP contribution in [0.3, 0.4) is 0 Å². The zero-order chi connectivity index (χ0) is 11.6. The van der Waals surface area contributed by atoms with Crippen molar-refractivity contribution >= 4 is 0 Å². The maximum absolute atomic E-state index is 5.58. The van der Waals surface area contributed by atoms with Crippen LogP contribution in [0.1, 0.15) is 38.3 Å². The quantitative estimate of drug-likeness (QED) is 0.655. The molecule has 0 aliphatic heterocycles. The molecule has 0 fully saturated rings. The molecule has 0 bridgehead atoms. The lowest BCUT2D eigenvalue weighted by molar-refractivity contribution is 0.144. The molecular formula is C12H22N2O2. The first-order valence-corrected chi connectivity index (χ1v) is 6.08. The molecule has 0 atom stereocenters. The molecular weight excluding hydrogens is 204 g/mol. The van der Waals surface area contributed by atoms with Gasteiger partial charge in [-0.05, 0) is 26.3 Å². The highest BCUT2D eigenvalue weighted by Crippen LogP contribution is 2.06. The number of oxazole rings is 1. The number of rotatable bonds is 9. The Bertz CT molecular complexity index is 274. The molecule has 92 valence electrons. The van der Waals surface area contributed by atoms with Gasteiger partial charge in [0.05, 0.1) is 12.7 Å². The third-order valence-electron chi connectivity index (χ3n) is 2.22.